The maximum absolute atomic E-state index is 12.7. The summed E-state index contributed by atoms with van der Waals surface area (Å²) in [5.74, 6) is -0.308. The van der Waals surface area contributed by atoms with E-state index in [4.69, 9.17) is 5.73 Å². The van der Waals surface area contributed by atoms with Crippen LogP contribution in [0.4, 0.5) is 5.69 Å². The second-order valence-electron chi connectivity index (χ2n) is 5.08. The van der Waals surface area contributed by atoms with E-state index in [9.17, 15) is 13.2 Å². The molecule has 1 aliphatic heterocycles. The van der Waals surface area contributed by atoms with Crippen molar-refractivity contribution < 1.29 is 13.2 Å². The Balaban J connectivity index is 2.49. The van der Waals surface area contributed by atoms with Crippen molar-refractivity contribution in [3.05, 3.63) is 22.7 Å². The monoisotopic (exact) mass is 361 g/mol. The van der Waals surface area contributed by atoms with E-state index in [2.05, 4.69) is 21.2 Å². The van der Waals surface area contributed by atoms with Crippen LogP contribution in [0, 0.1) is 0 Å². The van der Waals surface area contributed by atoms with Crippen LogP contribution in [0.3, 0.4) is 0 Å². The Morgan fingerprint density at radius 2 is 2.05 bits per heavy atom. The van der Waals surface area contributed by atoms with Gasteiger partial charge in [0.15, 0.2) is 0 Å². The van der Waals surface area contributed by atoms with Gasteiger partial charge in [-0.15, -0.1) is 0 Å². The van der Waals surface area contributed by atoms with E-state index < -0.39 is 15.6 Å². The lowest BCUT2D eigenvalue weighted by Gasteiger charge is -2.39. The molecule has 20 heavy (non-hydrogen) atoms. The van der Waals surface area contributed by atoms with Gasteiger partial charge in [0.25, 0.3) is 0 Å². The van der Waals surface area contributed by atoms with E-state index in [0.717, 1.165) is 0 Å². The molecule has 8 heteroatoms. The predicted molar refractivity (Wildman–Crippen MR) is 79.5 cm³/mol. The van der Waals surface area contributed by atoms with Gasteiger partial charge in [-0.1, -0.05) is 0 Å². The van der Waals surface area contributed by atoms with Gasteiger partial charge in [0, 0.05) is 23.2 Å². The van der Waals surface area contributed by atoms with Gasteiger partial charge in [0.2, 0.25) is 15.9 Å². The fourth-order valence-electron chi connectivity index (χ4n) is 2.11. The van der Waals surface area contributed by atoms with E-state index in [1.54, 1.807) is 19.9 Å². The normalized spacial score (nSPS) is 19.6. The highest BCUT2D eigenvalue weighted by Gasteiger charge is 2.44. The molecule has 1 fully saturated rings. The van der Waals surface area contributed by atoms with Gasteiger partial charge in [-0.2, -0.15) is 4.31 Å². The Kier molecular flexibility index (Phi) is 3.83. The maximum Gasteiger partial charge on any atom is 0.244 e. The molecule has 110 valence electrons. The standard InChI is InChI=1S/C12H16BrN3O3S/c1-12(2)11(17)15-5-6-16(12)20(18,19)8-3-4-9(13)10(14)7-8/h3-4,7H,5-6,14H2,1-2H3,(H,15,17). The molecule has 3 N–H and O–H groups in total. The molecule has 0 bridgehead atoms. The Morgan fingerprint density at radius 3 is 2.65 bits per heavy atom. The second kappa shape index (κ2) is 5.01. The summed E-state index contributed by atoms with van der Waals surface area (Å²) in [6.07, 6.45) is 0. The summed E-state index contributed by atoms with van der Waals surface area (Å²) < 4.78 is 27.2. The van der Waals surface area contributed by atoms with Crippen molar-refractivity contribution in [2.45, 2.75) is 24.3 Å². The Morgan fingerprint density at radius 1 is 1.40 bits per heavy atom. The maximum atomic E-state index is 12.7. The Hall–Kier alpha value is -1.12. The number of nitrogen functional groups attached to an aromatic ring is 1. The number of amides is 1. The zero-order valence-corrected chi connectivity index (χ0v) is 13.6. The molecule has 0 aromatic heterocycles. The minimum atomic E-state index is -3.77. The van der Waals surface area contributed by atoms with Crippen molar-refractivity contribution in [3.63, 3.8) is 0 Å². The fourth-order valence-corrected chi connectivity index (χ4v) is 4.14. The largest absolute Gasteiger partial charge is 0.398 e. The van der Waals surface area contributed by atoms with Crippen molar-refractivity contribution in [3.8, 4) is 0 Å². The molecule has 2 rings (SSSR count). The highest BCUT2D eigenvalue weighted by molar-refractivity contribution is 9.10. The van der Waals surface area contributed by atoms with Crippen LogP contribution < -0.4 is 11.1 Å². The number of nitrogens with zero attached hydrogens (tertiary/aromatic N) is 1. The molecule has 0 spiro atoms. The average molecular weight is 362 g/mol. The Bertz CT molecular complexity index is 658. The summed E-state index contributed by atoms with van der Waals surface area (Å²) in [4.78, 5) is 12.0. The summed E-state index contributed by atoms with van der Waals surface area (Å²) >= 11 is 3.23. The first-order valence-corrected chi connectivity index (χ1v) is 8.27. The summed E-state index contributed by atoms with van der Waals surface area (Å²) in [6.45, 7) is 3.70. The fraction of sp³-hybridized carbons (Fsp3) is 0.417. The smallest absolute Gasteiger partial charge is 0.244 e. The minimum absolute atomic E-state index is 0.0842. The Labute approximate surface area is 126 Å². The number of carbonyl (C=O) groups is 1. The third-order valence-electron chi connectivity index (χ3n) is 3.34. The number of rotatable bonds is 2. The number of hydrogen-bond acceptors (Lipinski definition) is 4. The first kappa shape index (κ1) is 15.3. The second-order valence-corrected chi connectivity index (χ2v) is 7.79. The topological polar surface area (TPSA) is 92.5 Å². The number of benzene rings is 1. The SMILES string of the molecule is CC1(C)C(=O)NCCN1S(=O)(=O)c1ccc(Br)c(N)c1. The lowest BCUT2D eigenvalue weighted by molar-refractivity contribution is -0.131. The van der Waals surface area contributed by atoms with Crippen LogP contribution in [-0.2, 0) is 14.8 Å². The van der Waals surface area contributed by atoms with Crippen LogP contribution in [0.25, 0.3) is 0 Å². The summed E-state index contributed by atoms with van der Waals surface area (Å²) in [6, 6.07) is 4.44. The van der Waals surface area contributed by atoms with E-state index >= 15 is 0 Å². The molecule has 0 saturated carbocycles. The lowest BCUT2D eigenvalue weighted by atomic mass is 10.0. The summed E-state index contributed by atoms with van der Waals surface area (Å²) in [7, 11) is -3.77. The van der Waals surface area contributed by atoms with Crippen molar-refractivity contribution in [2.75, 3.05) is 18.8 Å². The lowest BCUT2D eigenvalue weighted by Crippen LogP contribution is -2.63. The summed E-state index contributed by atoms with van der Waals surface area (Å²) in [5, 5.41) is 2.67. The van der Waals surface area contributed by atoms with E-state index in [1.165, 1.54) is 16.4 Å². The molecule has 1 amide bonds. The molecule has 6 nitrogen and oxygen atoms in total. The number of sulfonamides is 1. The van der Waals surface area contributed by atoms with Crippen LogP contribution in [0.2, 0.25) is 0 Å². The number of carbonyl (C=O) groups excluding carboxylic acids is 1. The summed E-state index contributed by atoms with van der Waals surface area (Å²) in [5.41, 5.74) is 4.94. The molecule has 0 atom stereocenters. The van der Waals surface area contributed by atoms with Crippen LogP contribution in [0.1, 0.15) is 13.8 Å². The number of nitrogens with two attached hydrogens (primary N) is 1. The highest BCUT2D eigenvalue weighted by Crippen LogP contribution is 2.29. The zero-order chi connectivity index (χ0) is 15.1. The van der Waals surface area contributed by atoms with Gasteiger partial charge in [-0.05, 0) is 48.0 Å². The molecule has 1 saturated heterocycles. The number of anilines is 1. The predicted octanol–water partition coefficient (Wildman–Crippen LogP) is 0.930. The van der Waals surface area contributed by atoms with Crippen molar-refractivity contribution in [1.82, 2.24) is 9.62 Å². The molecule has 1 aliphatic rings. The molecular formula is C12H16BrN3O3S. The molecule has 0 radical (unpaired) electrons. The highest BCUT2D eigenvalue weighted by atomic mass is 79.9. The molecule has 1 aromatic carbocycles. The quantitative estimate of drug-likeness (QED) is 0.766. The third kappa shape index (κ3) is 2.43. The van der Waals surface area contributed by atoms with Crippen LogP contribution in [0.5, 0.6) is 0 Å². The number of halogens is 1. The van der Waals surface area contributed by atoms with Gasteiger partial charge in [0.05, 0.1) is 4.90 Å². The molecule has 1 aromatic rings. The molecule has 0 aliphatic carbocycles. The van der Waals surface area contributed by atoms with Gasteiger partial charge in [-0.25, -0.2) is 8.42 Å². The van der Waals surface area contributed by atoms with E-state index in [0.29, 0.717) is 16.7 Å². The van der Waals surface area contributed by atoms with Gasteiger partial charge < -0.3 is 11.1 Å². The average Bonchev–Trinajstić information content (AvgIpc) is 2.35. The third-order valence-corrected chi connectivity index (χ3v) is 6.13. The number of piperazine rings is 1. The van der Waals surface area contributed by atoms with Crippen LogP contribution >= 0.6 is 15.9 Å². The van der Waals surface area contributed by atoms with Crippen molar-refractivity contribution in [2.24, 2.45) is 0 Å². The van der Waals surface area contributed by atoms with Crippen molar-refractivity contribution >= 4 is 37.5 Å². The van der Waals surface area contributed by atoms with E-state index in [-0.39, 0.29) is 17.3 Å². The van der Waals surface area contributed by atoms with Crippen LogP contribution in [-0.4, -0.2) is 37.3 Å². The molecule has 1 heterocycles. The molecular weight excluding hydrogens is 346 g/mol. The van der Waals surface area contributed by atoms with E-state index in [1.807, 2.05) is 0 Å². The molecule has 0 unspecified atom stereocenters. The first-order valence-electron chi connectivity index (χ1n) is 6.03. The number of nitrogens with one attached hydrogen (secondary N) is 1. The van der Waals surface area contributed by atoms with Crippen LogP contribution in [0.15, 0.2) is 27.6 Å². The van der Waals surface area contributed by atoms with Gasteiger partial charge in [-0.3, -0.25) is 4.79 Å². The van der Waals surface area contributed by atoms with Gasteiger partial charge >= 0.3 is 0 Å². The first-order chi connectivity index (χ1) is 9.17. The minimum Gasteiger partial charge on any atom is -0.398 e. The van der Waals surface area contributed by atoms with Crippen molar-refractivity contribution in [1.29, 1.82) is 0 Å². The number of hydrogen-bond donors (Lipinski definition) is 2. The van der Waals surface area contributed by atoms with Gasteiger partial charge in [0.1, 0.15) is 5.54 Å². The zero-order valence-electron chi connectivity index (χ0n) is 11.2.